The van der Waals surface area contributed by atoms with E-state index in [1.165, 1.54) is 6.20 Å². The van der Waals surface area contributed by atoms with E-state index in [2.05, 4.69) is 4.98 Å². The molecule has 0 aliphatic rings. The Morgan fingerprint density at radius 2 is 2.18 bits per heavy atom. The van der Waals surface area contributed by atoms with Crippen molar-refractivity contribution in [2.45, 2.75) is 6.54 Å². The second-order valence-corrected chi connectivity index (χ2v) is 2.79. The Hall–Kier alpha value is -1.09. The van der Waals surface area contributed by atoms with E-state index in [-0.39, 0.29) is 5.75 Å². The predicted octanol–water partition coefficient (Wildman–Crippen LogP) is 0.849. The summed E-state index contributed by atoms with van der Waals surface area (Å²) in [7, 11) is 3.95. The SMILES string of the molecule is CN(C)Cc1cncc(O)c1. The Balaban J connectivity index is 2.71. The molecule has 11 heavy (non-hydrogen) atoms. The molecule has 0 radical (unpaired) electrons. The Bertz CT molecular complexity index is 235. The van der Waals surface area contributed by atoms with E-state index in [0.29, 0.717) is 0 Å². The zero-order valence-electron chi connectivity index (χ0n) is 6.78. The minimum Gasteiger partial charge on any atom is -0.506 e. The third-order valence-corrected chi connectivity index (χ3v) is 1.28. The minimum absolute atomic E-state index is 0.226. The number of rotatable bonds is 2. The Morgan fingerprint density at radius 1 is 1.45 bits per heavy atom. The van der Waals surface area contributed by atoms with Crippen LogP contribution < -0.4 is 0 Å². The highest BCUT2D eigenvalue weighted by atomic mass is 16.3. The molecule has 3 heteroatoms. The summed E-state index contributed by atoms with van der Waals surface area (Å²) in [6.07, 6.45) is 3.18. The monoisotopic (exact) mass is 152 g/mol. The van der Waals surface area contributed by atoms with Crippen LogP contribution in [0.3, 0.4) is 0 Å². The van der Waals surface area contributed by atoms with Crippen molar-refractivity contribution >= 4 is 0 Å². The normalized spacial score (nSPS) is 10.5. The molecule has 1 rings (SSSR count). The summed E-state index contributed by atoms with van der Waals surface area (Å²) in [6, 6.07) is 1.72. The molecule has 3 nitrogen and oxygen atoms in total. The number of nitrogens with zero attached hydrogens (tertiary/aromatic N) is 2. The zero-order chi connectivity index (χ0) is 8.27. The van der Waals surface area contributed by atoms with E-state index in [1.54, 1.807) is 12.3 Å². The summed E-state index contributed by atoms with van der Waals surface area (Å²) in [5, 5.41) is 9.04. The van der Waals surface area contributed by atoms with Crippen LogP contribution in [0.15, 0.2) is 18.5 Å². The van der Waals surface area contributed by atoms with Crippen LogP contribution in [-0.4, -0.2) is 29.1 Å². The summed E-state index contributed by atoms with van der Waals surface area (Å²) in [6.45, 7) is 0.807. The minimum atomic E-state index is 0.226. The number of hydrogen-bond donors (Lipinski definition) is 1. The first-order valence-corrected chi connectivity index (χ1v) is 3.46. The first-order valence-electron chi connectivity index (χ1n) is 3.46. The topological polar surface area (TPSA) is 36.4 Å². The first kappa shape index (κ1) is 8.01. The van der Waals surface area contributed by atoms with Gasteiger partial charge in [0.15, 0.2) is 0 Å². The van der Waals surface area contributed by atoms with Gasteiger partial charge in [-0.25, -0.2) is 0 Å². The van der Waals surface area contributed by atoms with Crippen molar-refractivity contribution in [1.82, 2.24) is 9.88 Å². The fourth-order valence-corrected chi connectivity index (χ4v) is 0.925. The highest BCUT2D eigenvalue weighted by Gasteiger charge is 1.95. The predicted molar refractivity (Wildman–Crippen MR) is 43.3 cm³/mol. The average molecular weight is 152 g/mol. The molecule has 0 saturated carbocycles. The molecule has 0 amide bonds. The van der Waals surface area contributed by atoms with Gasteiger partial charge in [-0.2, -0.15) is 0 Å². The van der Waals surface area contributed by atoms with Gasteiger partial charge in [-0.3, -0.25) is 4.98 Å². The molecule has 0 aliphatic heterocycles. The molecule has 0 bridgehead atoms. The maximum atomic E-state index is 9.04. The van der Waals surface area contributed by atoms with Crippen LogP contribution in [-0.2, 0) is 6.54 Å². The first-order chi connectivity index (χ1) is 5.18. The van der Waals surface area contributed by atoms with Gasteiger partial charge in [0.2, 0.25) is 0 Å². The number of pyridine rings is 1. The molecular weight excluding hydrogens is 140 g/mol. The van der Waals surface area contributed by atoms with E-state index < -0.39 is 0 Å². The van der Waals surface area contributed by atoms with Crippen molar-refractivity contribution in [1.29, 1.82) is 0 Å². The second kappa shape index (κ2) is 3.34. The zero-order valence-corrected chi connectivity index (χ0v) is 6.78. The molecule has 0 unspecified atom stereocenters. The van der Waals surface area contributed by atoms with Crippen molar-refractivity contribution in [2.75, 3.05) is 14.1 Å². The lowest BCUT2D eigenvalue weighted by Crippen LogP contribution is -2.10. The van der Waals surface area contributed by atoms with Gasteiger partial charge in [-0.05, 0) is 25.7 Å². The molecule has 0 spiro atoms. The van der Waals surface area contributed by atoms with Gasteiger partial charge in [0, 0.05) is 12.7 Å². The summed E-state index contributed by atoms with van der Waals surface area (Å²) < 4.78 is 0. The maximum absolute atomic E-state index is 9.04. The number of hydrogen-bond acceptors (Lipinski definition) is 3. The molecule has 0 aromatic carbocycles. The smallest absolute Gasteiger partial charge is 0.134 e. The molecule has 0 saturated heterocycles. The average Bonchev–Trinajstić information content (AvgIpc) is 1.85. The van der Waals surface area contributed by atoms with Gasteiger partial charge in [0.05, 0.1) is 6.20 Å². The Morgan fingerprint density at radius 3 is 2.73 bits per heavy atom. The van der Waals surface area contributed by atoms with E-state index >= 15 is 0 Å². The third kappa shape index (κ3) is 2.55. The quantitative estimate of drug-likeness (QED) is 0.682. The Labute approximate surface area is 66.3 Å². The van der Waals surface area contributed by atoms with Crippen LogP contribution in [0.2, 0.25) is 0 Å². The fraction of sp³-hybridized carbons (Fsp3) is 0.375. The van der Waals surface area contributed by atoms with E-state index in [9.17, 15) is 0 Å². The molecule has 0 atom stereocenters. The molecule has 1 heterocycles. The van der Waals surface area contributed by atoms with Gasteiger partial charge >= 0.3 is 0 Å². The van der Waals surface area contributed by atoms with Crippen LogP contribution in [0.5, 0.6) is 5.75 Å². The van der Waals surface area contributed by atoms with Gasteiger partial charge in [-0.1, -0.05) is 0 Å². The lowest BCUT2D eigenvalue weighted by molar-refractivity contribution is 0.399. The number of aromatic nitrogens is 1. The lowest BCUT2D eigenvalue weighted by Gasteiger charge is -2.08. The van der Waals surface area contributed by atoms with Gasteiger partial charge in [-0.15, -0.1) is 0 Å². The number of aromatic hydroxyl groups is 1. The van der Waals surface area contributed by atoms with Crippen LogP contribution >= 0.6 is 0 Å². The van der Waals surface area contributed by atoms with Crippen molar-refractivity contribution in [3.8, 4) is 5.75 Å². The molecule has 0 aliphatic carbocycles. The molecule has 1 aromatic heterocycles. The fourth-order valence-electron chi connectivity index (χ4n) is 0.925. The summed E-state index contributed by atoms with van der Waals surface area (Å²) in [4.78, 5) is 5.88. The van der Waals surface area contributed by atoms with Gasteiger partial charge in [0.1, 0.15) is 5.75 Å². The van der Waals surface area contributed by atoms with Crippen molar-refractivity contribution < 1.29 is 5.11 Å². The molecule has 1 N–H and O–H groups in total. The standard InChI is InChI=1S/C8H12N2O/c1-10(2)6-7-3-8(11)5-9-4-7/h3-5,11H,6H2,1-2H3. The van der Waals surface area contributed by atoms with Gasteiger partial charge < -0.3 is 10.0 Å². The van der Waals surface area contributed by atoms with E-state index in [4.69, 9.17) is 5.11 Å². The third-order valence-electron chi connectivity index (χ3n) is 1.28. The van der Waals surface area contributed by atoms with E-state index in [1.807, 2.05) is 19.0 Å². The highest BCUT2D eigenvalue weighted by Crippen LogP contribution is 2.08. The van der Waals surface area contributed by atoms with E-state index in [0.717, 1.165) is 12.1 Å². The maximum Gasteiger partial charge on any atom is 0.134 e. The molecule has 0 fully saturated rings. The summed E-state index contributed by atoms with van der Waals surface area (Å²) in [5.74, 6) is 0.226. The second-order valence-electron chi connectivity index (χ2n) is 2.79. The summed E-state index contributed by atoms with van der Waals surface area (Å²) in [5.41, 5.74) is 1.02. The van der Waals surface area contributed by atoms with Gasteiger partial charge in [0.25, 0.3) is 0 Å². The van der Waals surface area contributed by atoms with Crippen LogP contribution in [0.1, 0.15) is 5.56 Å². The van der Waals surface area contributed by atoms with Crippen LogP contribution in [0.4, 0.5) is 0 Å². The molecule has 60 valence electrons. The van der Waals surface area contributed by atoms with Crippen molar-refractivity contribution in [3.63, 3.8) is 0 Å². The molecular formula is C8H12N2O. The van der Waals surface area contributed by atoms with Crippen LogP contribution in [0.25, 0.3) is 0 Å². The largest absolute Gasteiger partial charge is 0.506 e. The molecule has 1 aromatic rings. The lowest BCUT2D eigenvalue weighted by atomic mass is 10.3. The van der Waals surface area contributed by atoms with Crippen molar-refractivity contribution in [3.05, 3.63) is 24.0 Å². The Kier molecular flexibility index (Phi) is 2.44. The van der Waals surface area contributed by atoms with Crippen molar-refractivity contribution in [2.24, 2.45) is 0 Å². The summed E-state index contributed by atoms with van der Waals surface area (Å²) >= 11 is 0. The van der Waals surface area contributed by atoms with Crippen LogP contribution in [0, 0.1) is 0 Å². The highest BCUT2D eigenvalue weighted by molar-refractivity contribution is 5.21.